The van der Waals surface area contributed by atoms with E-state index in [9.17, 15) is 4.79 Å². The van der Waals surface area contributed by atoms with E-state index in [-0.39, 0.29) is 6.09 Å². The number of carbonyl (C=O) groups excluding carboxylic acids is 1. The van der Waals surface area contributed by atoms with Gasteiger partial charge in [0.25, 0.3) is 0 Å². The van der Waals surface area contributed by atoms with Crippen LogP contribution in [0.15, 0.2) is 24.3 Å². The Kier molecular flexibility index (Phi) is 6.48. The third kappa shape index (κ3) is 5.59. The van der Waals surface area contributed by atoms with E-state index in [1.807, 2.05) is 24.3 Å². The fourth-order valence-corrected chi connectivity index (χ4v) is 1.47. The molecule has 0 aromatic heterocycles. The fraction of sp³-hybridized carbons (Fsp3) is 0.462. The Hall–Kier alpha value is -1.22. The van der Waals surface area contributed by atoms with Gasteiger partial charge in [0, 0.05) is 12.4 Å². The molecule has 0 saturated heterocycles. The van der Waals surface area contributed by atoms with Crippen LogP contribution >= 0.6 is 11.6 Å². The molecule has 0 unspecified atom stereocenters. The highest BCUT2D eigenvalue weighted by Crippen LogP contribution is 2.07. The molecule has 0 aliphatic rings. The first-order valence-corrected chi connectivity index (χ1v) is 6.34. The van der Waals surface area contributed by atoms with E-state index in [1.165, 1.54) is 0 Å². The summed E-state index contributed by atoms with van der Waals surface area (Å²) >= 11 is 5.68. The molecule has 94 valence electrons. The zero-order valence-electron chi connectivity index (χ0n) is 10.0. The second kappa shape index (κ2) is 7.96. The average Bonchev–Trinajstić information content (AvgIpc) is 2.37. The first-order chi connectivity index (χ1) is 8.26. The van der Waals surface area contributed by atoms with E-state index >= 15 is 0 Å². The quantitative estimate of drug-likeness (QED) is 0.625. The van der Waals surface area contributed by atoms with Crippen molar-refractivity contribution in [2.45, 2.75) is 32.3 Å². The summed E-state index contributed by atoms with van der Waals surface area (Å²) in [5.41, 5.74) is 2.02. The number of hydrogen-bond acceptors (Lipinski definition) is 2. The predicted octanol–water partition coefficient (Wildman–Crippen LogP) is 3.45. The molecule has 0 spiro atoms. The lowest BCUT2D eigenvalue weighted by Crippen LogP contribution is -2.25. The van der Waals surface area contributed by atoms with Crippen molar-refractivity contribution in [1.29, 1.82) is 0 Å². The number of unbranched alkanes of at least 4 members (excludes halogenated alkanes) is 1. The minimum Gasteiger partial charge on any atom is -0.445 e. The molecule has 0 aliphatic heterocycles. The minimum atomic E-state index is -0.361. The summed E-state index contributed by atoms with van der Waals surface area (Å²) in [6.07, 6.45) is 1.67. The molecule has 0 heterocycles. The smallest absolute Gasteiger partial charge is 0.407 e. The maximum Gasteiger partial charge on any atom is 0.407 e. The Balaban J connectivity index is 2.27. The predicted molar refractivity (Wildman–Crippen MR) is 69.1 cm³/mol. The van der Waals surface area contributed by atoms with Crippen LogP contribution in [0.5, 0.6) is 0 Å². The SMILES string of the molecule is CCCCNC(=O)OCc1ccc(CCl)cc1. The number of hydrogen-bond donors (Lipinski definition) is 1. The highest BCUT2D eigenvalue weighted by Gasteiger charge is 2.01. The fourth-order valence-electron chi connectivity index (χ4n) is 1.29. The summed E-state index contributed by atoms with van der Waals surface area (Å²) in [4.78, 5) is 11.3. The Labute approximate surface area is 107 Å². The molecular weight excluding hydrogens is 238 g/mol. The number of alkyl carbamates (subject to hydrolysis) is 1. The van der Waals surface area contributed by atoms with Crippen molar-refractivity contribution >= 4 is 17.7 Å². The van der Waals surface area contributed by atoms with Crippen LogP contribution in [0, 0.1) is 0 Å². The number of benzene rings is 1. The molecule has 3 nitrogen and oxygen atoms in total. The lowest BCUT2D eigenvalue weighted by molar-refractivity contribution is 0.139. The molecule has 0 bridgehead atoms. The summed E-state index contributed by atoms with van der Waals surface area (Å²) in [7, 11) is 0. The topological polar surface area (TPSA) is 38.3 Å². The van der Waals surface area contributed by atoms with Gasteiger partial charge in [-0.15, -0.1) is 11.6 Å². The normalized spacial score (nSPS) is 10.0. The van der Waals surface area contributed by atoms with Crippen LogP contribution in [0.4, 0.5) is 4.79 Å². The van der Waals surface area contributed by atoms with Gasteiger partial charge in [-0.2, -0.15) is 0 Å². The van der Waals surface area contributed by atoms with Crippen molar-refractivity contribution in [3.8, 4) is 0 Å². The van der Waals surface area contributed by atoms with Crippen molar-refractivity contribution < 1.29 is 9.53 Å². The lowest BCUT2D eigenvalue weighted by atomic mass is 10.2. The van der Waals surface area contributed by atoms with Crippen molar-refractivity contribution in [1.82, 2.24) is 5.32 Å². The Morgan fingerprint density at radius 3 is 2.53 bits per heavy atom. The van der Waals surface area contributed by atoms with Crippen molar-refractivity contribution in [3.63, 3.8) is 0 Å². The molecule has 1 aromatic rings. The first kappa shape index (κ1) is 13.8. The molecule has 0 saturated carbocycles. The van der Waals surface area contributed by atoms with Crippen LogP contribution in [0.2, 0.25) is 0 Å². The minimum absolute atomic E-state index is 0.292. The van der Waals surface area contributed by atoms with E-state index in [4.69, 9.17) is 16.3 Å². The molecule has 0 atom stereocenters. The number of alkyl halides is 1. The number of carbonyl (C=O) groups is 1. The van der Waals surface area contributed by atoms with Gasteiger partial charge in [0.15, 0.2) is 0 Å². The zero-order chi connectivity index (χ0) is 12.5. The van der Waals surface area contributed by atoms with E-state index in [2.05, 4.69) is 12.2 Å². The van der Waals surface area contributed by atoms with Gasteiger partial charge >= 0.3 is 6.09 Å². The van der Waals surface area contributed by atoms with Crippen molar-refractivity contribution in [2.75, 3.05) is 6.54 Å². The van der Waals surface area contributed by atoms with Crippen LogP contribution in [0.1, 0.15) is 30.9 Å². The standard InChI is InChI=1S/C13H18ClNO2/c1-2-3-8-15-13(16)17-10-12-6-4-11(9-14)5-7-12/h4-7H,2-3,8-10H2,1H3,(H,15,16). The van der Waals surface area contributed by atoms with Gasteiger partial charge in [-0.05, 0) is 17.5 Å². The number of ether oxygens (including phenoxy) is 1. The van der Waals surface area contributed by atoms with E-state index in [0.717, 1.165) is 24.0 Å². The summed E-state index contributed by atoms with van der Waals surface area (Å²) in [6, 6.07) is 7.69. The lowest BCUT2D eigenvalue weighted by Gasteiger charge is -2.06. The number of nitrogens with one attached hydrogen (secondary N) is 1. The van der Waals surface area contributed by atoms with Gasteiger partial charge in [-0.1, -0.05) is 37.6 Å². The monoisotopic (exact) mass is 255 g/mol. The van der Waals surface area contributed by atoms with Crippen molar-refractivity contribution in [3.05, 3.63) is 35.4 Å². The van der Waals surface area contributed by atoms with Crippen LogP contribution < -0.4 is 5.32 Å². The van der Waals surface area contributed by atoms with Crippen LogP contribution in [-0.2, 0) is 17.2 Å². The number of rotatable bonds is 6. The van der Waals surface area contributed by atoms with Gasteiger partial charge in [-0.3, -0.25) is 0 Å². The summed E-state index contributed by atoms with van der Waals surface area (Å²) in [5.74, 6) is 0.499. The Morgan fingerprint density at radius 1 is 1.29 bits per heavy atom. The third-order valence-corrected chi connectivity index (χ3v) is 2.66. The van der Waals surface area contributed by atoms with Crippen LogP contribution in [0.25, 0.3) is 0 Å². The Bertz CT molecular complexity index is 338. The molecule has 0 radical (unpaired) electrons. The van der Waals surface area contributed by atoms with Crippen LogP contribution in [0.3, 0.4) is 0 Å². The Morgan fingerprint density at radius 2 is 1.94 bits per heavy atom. The molecule has 17 heavy (non-hydrogen) atoms. The summed E-state index contributed by atoms with van der Waals surface area (Å²) < 4.78 is 5.07. The van der Waals surface area contributed by atoms with Gasteiger partial charge in [0.1, 0.15) is 6.61 Å². The third-order valence-electron chi connectivity index (χ3n) is 2.35. The van der Waals surface area contributed by atoms with Crippen molar-refractivity contribution in [2.24, 2.45) is 0 Å². The maximum atomic E-state index is 11.3. The number of halogens is 1. The first-order valence-electron chi connectivity index (χ1n) is 5.80. The molecule has 1 amide bonds. The van der Waals surface area contributed by atoms with Crippen LogP contribution in [-0.4, -0.2) is 12.6 Å². The highest BCUT2D eigenvalue weighted by atomic mass is 35.5. The molecule has 1 N–H and O–H groups in total. The molecule has 0 fully saturated rings. The van der Waals surface area contributed by atoms with E-state index in [0.29, 0.717) is 19.0 Å². The van der Waals surface area contributed by atoms with Gasteiger partial charge < -0.3 is 10.1 Å². The molecular formula is C13H18ClNO2. The van der Waals surface area contributed by atoms with E-state index in [1.54, 1.807) is 0 Å². The molecule has 0 aliphatic carbocycles. The number of amides is 1. The molecule has 4 heteroatoms. The summed E-state index contributed by atoms with van der Waals surface area (Å²) in [5, 5.41) is 2.69. The zero-order valence-corrected chi connectivity index (χ0v) is 10.8. The largest absolute Gasteiger partial charge is 0.445 e. The van der Waals surface area contributed by atoms with E-state index < -0.39 is 0 Å². The second-order valence-electron chi connectivity index (χ2n) is 3.81. The van der Waals surface area contributed by atoms with Gasteiger partial charge in [-0.25, -0.2) is 4.79 Å². The average molecular weight is 256 g/mol. The highest BCUT2D eigenvalue weighted by molar-refractivity contribution is 6.17. The molecule has 1 aromatic carbocycles. The van der Waals surface area contributed by atoms with Gasteiger partial charge in [0.2, 0.25) is 0 Å². The molecule has 1 rings (SSSR count). The maximum absolute atomic E-state index is 11.3. The second-order valence-corrected chi connectivity index (χ2v) is 4.07. The van der Waals surface area contributed by atoms with Gasteiger partial charge in [0.05, 0.1) is 0 Å². The summed E-state index contributed by atoms with van der Waals surface area (Å²) in [6.45, 7) is 3.03.